The van der Waals surface area contributed by atoms with Crippen molar-refractivity contribution in [1.82, 2.24) is 4.57 Å². The van der Waals surface area contributed by atoms with Crippen LogP contribution in [0.2, 0.25) is 0 Å². The van der Waals surface area contributed by atoms with Crippen LogP contribution in [0, 0.1) is 11.3 Å². The first-order chi connectivity index (χ1) is 18.3. The summed E-state index contributed by atoms with van der Waals surface area (Å²) in [5.41, 5.74) is 3.78. The highest BCUT2D eigenvalue weighted by molar-refractivity contribution is 6.10. The summed E-state index contributed by atoms with van der Waals surface area (Å²) in [5.74, 6) is 1.09. The largest absolute Gasteiger partial charge is 0.494 e. The smallest absolute Gasteiger partial charge is 0.266 e. The lowest BCUT2D eigenvalue weighted by Gasteiger charge is -2.19. The number of aromatic nitrogens is 1. The summed E-state index contributed by atoms with van der Waals surface area (Å²) in [4.78, 5) is 12.9. The van der Waals surface area contributed by atoms with E-state index in [1.807, 2.05) is 55.6 Å². The van der Waals surface area contributed by atoms with Crippen LogP contribution in [0.5, 0.6) is 11.5 Å². The van der Waals surface area contributed by atoms with E-state index in [1.54, 1.807) is 30.3 Å². The number of nitrogens with one attached hydrogen (secondary N) is 1. The summed E-state index contributed by atoms with van der Waals surface area (Å²) in [6.07, 6.45) is 3.59. The second-order valence-electron chi connectivity index (χ2n) is 10.00. The van der Waals surface area contributed by atoms with Crippen LogP contribution in [0.1, 0.15) is 38.8 Å². The first-order valence-electron chi connectivity index (χ1n) is 12.8. The van der Waals surface area contributed by atoms with Crippen molar-refractivity contribution in [2.75, 3.05) is 18.5 Å². The zero-order valence-electron chi connectivity index (χ0n) is 22.3. The third-order valence-electron chi connectivity index (χ3n) is 6.23. The highest BCUT2D eigenvalue weighted by atomic mass is 16.5. The summed E-state index contributed by atoms with van der Waals surface area (Å²) in [7, 11) is 0. The van der Waals surface area contributed by atoms with Crippen LogP contribution in [0.25, 0.3) is 17.0 Å². The third kappa shape index (κ3) is 6.43. The van der Waals surface area contributed by atoms with Gasteiger partial charge in [0.2, 0.25) is 0 Å². The molecule has 4 rings (SSSR count). The van der Waals surface area contributed by atoms with Gasteiger partial charge in [-0.25, -0.2) is 0 Å². The minimum absolute atomic E-state index is 0.0250. The molecule has 38 heavy (non-hydrogen) atoms. The average molecular weight is 508 g/mol. The van der Waals surface area contributed by atoms with Gasteiger partial charge in [-0.1, -0.05) is 51.1 Å². The fourth-order valence-corrected chi connectivity index (χ4v) is 4.19. The number of anilines is 1. The van der Waals surface area contributed by atoms with Crippen molar-refractivity contribution < 1.29 is 14.3 Å². The maximum Gasteiger partial charge on any atom is 0.266 e. The lowest BCUT2D eigenvalue weighted by Crippen LogP contribution is -2.13. The Labute approximate surface area is 224 Å². The Morgan fingerprint density at radius 3 is 2.29 bits per heavy atom. The van der Waals surface area contributed by atoms with Gasteiger partial charge in [0, 0.05) is 28.4 Å². The number of carbonyl (C=O) groups is 1. The number of rotatable bonds is 9. The van der Waals surface area contributed by atoms with Crippen molar-refractivity contribution in [3.05, 3.63) is 95.7 Å². The molecule has 3 aromatic carbocycles. The normalized spacial score (nSPS) is 11.7. The number of ether oxygens (including phenoxy) is 2. The third-order valence-corrected chi connectivity index (χ3v) is 6.23. The molecule has 6 heteroatoms. The van der Waals surface area contributed by atoms with E-state index in [2.05, 4.69) is 42.8 Å². The van der Waals surface area contributed by atoms with Gasteiger partial charge in [-0.3, -0.25) is 4.79 Å². The number of hydrogen-bond donors (Lipinski definition) is 1. The molecule has 0 spiro atoms. The molecule has 1 amide bonds. The summed E-state index contributed by atoms with van der Waals surface area (Å²) < 4.78 is 13.5. The van der Waals surface area contributed by atoms with Crippen molar-refractivity contribution in [2.45, 2.75) is 39.7 Å². The molecule has 4 aromatic rings. The molecule has 0 saturated carbocycles. The van der Waals surface area contributed by atoms with Crippen molar-refractivity contribution in [2.24, 2.45) is 0 Å². The zero-order chi connectivity index (χ0) is 27.1. The number of nitriles is 1. The van der Waals surface area contributed by atoms with Gasteiger partial charge >= 0.3 is 0 Å². The van der Waals surface area contributed by atoms with E-state index < -0.39 is 5.91 Å². The molecular formula is C32H33N3O3. The number of hydrogen-bond acceptors (Lipinski definition) is 4. The standard InChI is InChI=1S/C32H33N3O3/c1-5-37-27-16-12-26(13-17-27)34-31(36)23(21-33)20-24-22-35(30-9-7-6-8-29(24)30)18-19-38-28-14-10-25(11-15-28)32(2,3)4/h6-17,20,22H,5,18-19H2,1-4H3,(H,34,36). The predicted molar refractivity (Wildman–Crippen MR) is 152 cm³/mol. The van der Waals surface area contributed by atoms with Gasteiger partial charge in [0.15, 0.2) is 0 Å². The van der Waals surface area contributed by atoms with E-state index in [4.69, 9.17) is 9.47 Å². The molecule has 1 heterocycles. The van der Waals surface area contributed by atoms with Gasteiger partial charge < -0.3 is 19.4 Å². The molecule has 0 aliphatic carbocycles. The van der Waals surface area contributed by atoms with Crippen molar-refractivity contribution in [3.8, 4) is 17.6 Å². The van der Waals surface area contributed by atoms with E-state index in [0.717, 1.165) is 28.0 Å². The second-order valence-corrected chi connectivity index (χ2v) is 10.00. The van der Waals surface area contributed by atoms with Gasteiger partial charge in [-0.15, -0.1) is 0 Å². The summed E-state index contributed by atoms with van der Waals surface area (Å²) in [6.45, 7) is 10.1. The van der Waals surface area contributed by atoms with Crippen LogP contribution in [0.3, 0.4) is 0 Å². The number of carbonyl (C=O) groups excluding carboxylic acids is 1. The first-order valence-corrected chi connectivity index (χ1v) is 12.8. The predicted octanol–water partition coefficient (Wildman–Crippen LogP) is 6.96. The Morgan fingerprint density at radius 1 is 0.974 bits per heavy atom. The number of nitrogens with zero attached hydrogens (tertiary/aromatic N) is 2. The first kappa shape index (κ1) is 26.6. The topological polar surface area (TPSA) is 76.3 Å². The van der Waals surface area contributed by atoms with E-state index in [0.29, 0.717) is 25.4 Å². The number of fused-ring (bicyclic) bond motifs is 1. The summed E-state index contributed by atoms with van der Waals surface area (Å²) in [6, 6.07) is 25.3. The molecule has 0 atom stereocenters. The fraction of sp³-hybridized carbons (Fsp3) is 0.250. The van der Waals surface area contributed by atoms with Crippen LogP contribution in [0.15, 0.2) is 84.6 Å². The average Bonchev–Trinajstić information content (AvgIpc) is 3.25. The van der Waals surface area contributed by atoms with Crippen molar-refractivity contribution in [1.29, 1.82) is 5.26 Å². The molecule has 0 saturated heterocycles. The Bertz CT molecular complexity index is 1470. The number of benzene rings is 3. The number of para-hydroxylation sites is 1. The highest BCUT2D eigenvalue weighted by Crippen LogP contribution is 2.26. The minimum Gasteiger partial charge on any atom is -0.494 e. The SMILES string of the molecule is CCOc1ccc(NC(=O)C(C#N)=Cc2cn(CCOc3ccc(C(C)(C)C)cc3)c3ccccc23)cc1. The van der Waals surface area contributed by atoms with Crippen LogP contribution < -0.4 is 14.8 Å². The van der Waals surface area contributed by atoms with Gasteiger partial charge in [0.05, 0.1) is 13.2 Å². The Kier molecular flexibility index (Phi) is 8.18. The molecule has 0 aliphatic heterocycles. The van der Waals surface area contributed by atoms with Crippen LogP contribution in [0.4, 0.5) is 5.69 Å². The van der Waals surface area contributed by atoms with Gasteiger partial charge in [-0.2, -0.15) is 5.26 Å². The van der Waals surface area contributed by atoms with Crippen LogP contribution in [-0.2, 0) is 16.8 Å². The zero-order valence-corrected chi connectivity index (χ0v) is 22.3. The monoisotopic (exact) mass is 507 g/mol. The highest BCUT2D eigenvalue weighted by Gasteiger charge is 2.14. The molecule has 0 aliphatic rings. The molecule has 0 radical (unpaired) electrons. The molecule has 6 nitrogen and oxygen atoms in total. The quantitative estimate of drug-likeness (QED) is 0.196. The molecule has 194 valence electrons. The Balaban J connectivity index is 1.48. The second kappa shape index (κ2) is 11.7. The van der Waals surface area contributed by atoms with E-state index >= 15 is 0 Å². The van der Waals surface area contributed by atoms with Crippen LogP contribution >= 0.6 is 0 Å². The molecular weight excluding hydrogens is 474 g/mol. The Morgan fingerprint density at radius 2 is 1.63 bits per heavy atom. The van der Waals surface area contributed by atoms with Gasteiger partial charge in [0.25, 0.3) is 5.91 Å². The lowest BCUT2D eigenvalue weighted by molar-refractivity contribution is -0.112. The fourth-order valence-electron chi connectivity index (χ4n) is 4.19. The van der Waals surface area contributed by atoms with Crippen LogP contribution in [-0.4, -0.2) is 23.7 Å². The lowest BCUT2D eigenvalue weighted by atomic mass is 9.87. The molecule has 0 fully saturated rings. The minimum atomic E-state index is -0.462. The molecule has 1 aromatic heterocycles. The maximum absolute atomic E-state index is 12.9. The number of amides is 1. The molecule has 1 N–H and O–H groups in total. The Hall–Kier alpha value is -4.50. The van der Waals surface area contributed by atoms with Gasteiger partial charge in [0.1, 0.15) is 29.7 Å². The van der Waals surface area contributed by atoms with E-state index in [-0.39, 0.29) is 11.0 Å². The summed E-state index contributed by atoms with van der Waals surface area (Å²) in [5, 5.41) is 13.5. The molecule has 0 bridgehead atoms. The van der Waals surface area contributed by atoms with Crippen molar-refractivity contribution in [3.63, 3.8) is 0 Å². The molecule has 0 unspecified atom stereocenters. The maximum atomic E-state index is 12.9. The summed E-state index contributed by atoms with van der Waals surface area (Å²) >= 11 is 0. The van der Waals surface area contributed by atoms with E-state index in [9.17, 15) is 10.1 Å². The van der Waals surface area contributed by atoms with E-state index in [1.165, 1.54) is 5.56 Å². The van der Waals surface area contributed by atoms with Crippen molar-refractivity contribution >= 4 is 28.6 Å². The van der Waals surface area contributed by atoms with Gasteiger partial charge in [-0.05, 0) is 66.4 Å².